The first-order valence-electron chi connectivity index (χ1n) is 9.50. The number of nitrogens with zero attached hydrogens (tertiary/aromatic N) is 1. The SMILES string of the molecule is Cc1ccccc1C(=O)OCC(=O)Nc1sc2c(c1C#N)CC(C)(C)[NH2+]C2(C)C. The molecule has 152 valence electrons. The summed E-state index contributed by atoms with van der Waals surface area (Å²) in [5, 5.41) is 15.3. The summed E-state index contributed by atoms with van der Waals surface area (Å²) in [5.41, 5.74) is 2.52. The van der Waals surface area contributed by atoms with Crippen molar-refractivity contribution in [2.75, 3.05) is 11.9 Å². The van der Waals surface area contributed by atoms with E-state index in [9.17, 15) is 14.9 Å². The molecular formula is C22H26N3O3S+. The van der Waals surface area contributed by atoms with Crippen LogP contribution in [0.2, 0.25) is 0 Å². The van der Waals surface area contributed by atoms with Crippen molar-refractivity contribution in [1.82, 2.24) is 0 Å². The lowest BCUT2D eigenvalue weighted by atomic mass is 9.81. The molecule has 0 bridgehead atoms. The quantitative estimate of drug-likeness (QED) is 0.755. The number of benzene rings is 1. The van der Waals surface area contributed by atoms with Gasteiger partial charge in [0.1, 0.15) is 16.6 Å². The van der Waals surface area contributed by atoms with Crippen molar-refractivity contribution in [3.05, 3.63) is 51.4 Å². The molecule has 0 aliphatic carbocycles. The highest BCUT2D eigenvalue weighted by Crippen LogP contribution is 2.41. The summed E-state index contributed by atoms with van der Waals surface area (Å²) >= 11 is 1.43. The van der Waals surface area contributed by atoms with Crippen LogP contribution >= 0.6 is 11.3 Å². The molecule has 1 aromatic carbocycles. The molecule has 29 heavy (non-hydrogen) atoms. The van der Waals surface area contributed by atoms with E-state index in [1.54, 1.807) is 12.1 Å². The fourth-order valence-electron chi connectivity index (χ4n) is 4.08. The van der Waals surface area contributed by atoms with Gasteiger partial charge in [-0.15, -0.1) is 11.3 Å². The third kappa shape index (κ3) is 4.34. The van der Waals surface area contributed by atoms with Crippen LogP contribution in [0.4, 0.5) is 5.00 Å². The highest BCUT2D eigenvalue weighted by molar-refractivity contribution is 7.16. The van der Waals surface area contributed by atoms with Crippen LogP contribution in [0.25, 0.3) is 0 Å². The maximum atomic E-state index is 12.4. The van der Waals surface area contributed by atoms with E-state index in [1.165, 1.54) is 11.3 Å². The Balaban J connectivity index is 1.75. The second kappa shape index (κ2) is 7.62. The minimum absolute atomic E-state index is 0.0342. The van der Waals surface area contributed by atoms with Gasteiger partial charge in [-0.05, 0) is 51.8 Å². The van der Waals surface area contributed by atoms with Crippen LogP contribution < -0.4 is 10.6 Å². The van der Waals surface area contributed by atoms with Gasteiger partial charge in [0.05, 0.1) is 21.5 Å². The largest absolute Gasteiger partial charge is 0.452 e. The van der Waals surface area contributed by atoms with Gasteiger partial charge in [0.25, 0.3) is 5.91 Å². The number of anilines is 1. The lowest BCUT2D eigenvalue weighted by molar-refractivity contribution is -0.789. The number of fused-ring (bicyclic) bond motifs is 1. The monoisotopic (exact) mass is 412 g/mol. The van der Waals surface area contributed by atoms with Gasteiger partial charge >= 0.3 is 5.97 Å². The summed E-state index contributed by atoms with van der Waals surface area (Å²) in [6.45, 7) is 9.97. The fourth-order valence-corrected chi connectivity index (χ4v) is 5.34. The molecule has 1 amide bonds. The number of nitrogens with one attached hydrogen (secondary N) is 1. The molecule has 0 saturated heterocycles. The molecule has 1 aliphatic heterocycles. The standard InChI is InChI=1S/C22H25N3O3S/c1-13-8-6-7-9-14(13)20(27)28-12-17(26)24-19-16(11-23)15-10-21(2,3)25-22(4,5)18(15)29-19/h6-9,25H,10,12H2,1-5H3,(H,24,26)/p+1. The van der Waals surface area contributed by atoms with Crippen molar-refractivity contribution in [3.8, 4) is 6.07 Å². The molecule has 0 fully saturated rings. The molecule has 0 saturated carbocycles. The number of nitriles is 1. The van der Waals surface area contributed by atoms with Gasteiger partial charge in [-0.25, -0.2) is 4.79 Å². The Morgan fingerprint density at radius 1 is 1.28 bits per heavy atom. The van der Waals surface area contributed by atoms with E-state index >= 15 is 0 Å². The zero-order valence-electron chi connectivity index (χ0n) is 17.4. The number of nitrogens with two attached hydrogens (primary N) is 1. The van der Waals surface area contributed by atoms with Crippen LogP contribution in [0.1, 0.15) is 59.6 Å². The molecule has 0 radical (unpaired) electrons. The summed E-state index contributed by atoms with van der Waals surface area (Å²) in [6.07, 6.45) is 0.753. The second-order valence-electron chi connectivity index (χ2n) is 8.70. The number of carbonyl (C=O) groups is 2. The van der Waals surface area contributed by atoms with Gasteiger partial charge in [0, 0.05) is 6.42 Å². The molecule has 0 unspecified atom stereocenters. The van der Waals surface area contributed by atoms with E-state index in [-0.39, 0.29) is 11.1 Å². The van der Waals surface area contributed by atoms with Crippen LogP contribution in [0.3, 0.4) is 0 Å². The number of hydrogen-bond donors (Lipinski definition) is 2. The maximum Gasteiger partial charge on any atom is 0.338 e. The maximum absolute atomic E-state index is 12.4. The van der Waals surface area contributed by atoms with Crippen molar-refractivity contribution in [1.29, 1.82) is 5.26 Å². The average Bonchev–Trinajstić information content (AvgIpc) is 2.96. The van der Waals surface area contributed by atoms with Gasteiger partial charge < -0.3 is 15.4 Å². The van der Waals surface area contributed by atoms with Crippen LogP contribution in [-0.4, -0.2) is 24.0 Å². The van der Waals surface area contributed by atoms with Gasteiger partial charge in [-0.3, -0.25) is 4.79 Å². The lowest BCUT2D eigenvalue weighted by Gasteiger charge is -2.38. The minimum atomic E-state index is -0.540. The van der Waals surface area contributed by atoms with E-state index in [1.807, 2.05) is 19.1 Å². The van der Waals surface area contributed by atoms with Gasteiger partial charge in [0.2, 0.25) is 0 Å². The van der Waals surface area contributed by atoms with Gasteiger partial charge in [0.15, 0.2) is 6.61 Å². The lowest BCUT2D eigenvalue weighted by Crippen LogP contribution is -3.03. The Morgan fingerprint density at radius 3 is 2.62 bits per heavy atom. The van der Waals surface area contributed by atoms with E-state index in [4.69, 9.17) is 4.74 Å². The molecular weight excluding hydrogens is 386 g/mol. The molecule has 3 N–H and O–H groups in total. The number of ether oxygens (including phenoxy) is 1. The molecule has 0 spiro atoms. The number of hydrogen-bond acceptors (Lipinski definition) is 5. The summed E-state index contributed by atoms with van der Waals surface area (Å²) in [7, 11) is 0. The Morgan fingerprint density at radius 2 is 1.97 bits per heavy atom. The Bertz CT molecular complexity index is 1010. The zero-order chi connectivity index (χ0) is 21.4. The smallest absolute Gasteiger partial charge is 0.338 e. The van der Waals surface area contributed by atoms with Gasteiger partial charge in [-0.1, -0.05) is 18.2 Å². The predicted molar refractivity (Wildman–Crippen MR) is 112 cm³/mol. The predicted octanol–water partition coefficient (Wildman–Crippen LogP) is 2.86. The van der Waals surface area contributed by atoms with Crippen molar-refractivity contribution >= 4 is 28.2 Å². The Labute approximate surface area is 174 Å². The molecule has 1 aliphatic rings. The van der Waals surface area contributed by atoms with Crippen molar-refractivity contribution in [2.24, 2.45) is 0 Å². The normalized spacial score (nSPS) is 16.4. The van der Waals surface area contributed by atoms with Gasteiger partial charge in [-0.2, -0.15) is 5.26 Å². The number of aryl methyl sites for hydroxylation is 1. The minimum Gasteiger partial charge on any atom is -0.452 e. The number of quaternary nitrogens is 1. The molecule has 3 rings (SSSR count). The van der Waals surface area contributed by atoms with Crippen LogP contribution in [0, 0.1) is 18.3 Å². The van der Waals surface area contributed by atoms with E-state index in [0.717, 1.165) is 22.4 Å². The molecule has 7 heteroatoms. The first kappa shape index (κ1) is 21.0. The van der Waals surface area contributed by atoms with Crippen LogP contribution in [0.5, 0.6) is 0 Å². The Hall–Kier alpha value is -2.69. The third-order valence-electron chi connectivity index (χ3n) is 5.04. The fraction of sp³-hybridized carbons (Fsp3) is 0.409. The topological polar surface area (TPSA) is 95.8 Å². The Kier molecular flexibility index (Phi) is 5.52. The average molecular weight is 413 g/mol. The van der Waals surface area contributed by atoms with Crippen molar-refractivity contribution in [2.45, 2.75) is 52.1 Å². The number of rotatable bonds is 4. The third-order valence-corrected chi connectivity index (χ3v) is 6.53. The van der Waals surface area contributed by atoms with E-state index in [0.29, 0.717) is 16.1 Å². The molecule has 1 aromatic heterocycles. The summed E-state index contributed by atoms with van der Waals surface area (Å²) in [5.74, 6) is -0.996. The number of amides is 1. The summed E-state index contributed by atoms with van der Waals surface area (Å²) < 4.78 is 5.16. The number of carbonyl (C=O) groups excluding carboxylic acids is 2. The zero-order valence-corrected chi connectivity index (χ0v) is 18.2. The highest BCUT2D eigenvalue weighted by Gasteiger charge is 2.44. The van der Waals surface area contributed by atoms with Crippen molar-refractivity contribution in [3.63, 3.8) is 0 Å². The summed E-state index contributed by atoms with van der Waals surface area (Å²) in [4.78, 5) is 25.7. The second-order valence-corrected chi connectivity index (χ2v) is 9.72. The van der Waals surface area contributed by atoms with Crippen LogP contribution in [-0.2, 0) is 21.5 Å². The molecule has 6 nitrogen and oxygen atoms in total. The van der Waals surface area contributed by atoms with E-state index < -0.39 is 18.5 Å². The number of thiophene rings is 1. The first-order valence-corrected chi connectivity index (χ1v) is 10.3. The molecule has 0 atom stereocenters. The number of esters is 1. The van der Waals surface area contributed by atoms with Crippen LogP contribution in [0.15, 0.2) is 24.3 Å². The molecule has 2 aromatic rings. The first-order chi connectivity index (χ1) is 13.5. The van der Waals surface area contributed by atoms with Crippen molar-refractivity contribution < 1.29 is 19.6 Å². The summed E-state index contributed by atoms with van der Waals surface area (Å²) in [6, 6.07) is 9.32. The van der Waals surface area contributed by atoms with E-state index in [2.05, 4.69) is 44.4 Å². The molecule has 2 heterocycles. The highest BCUT2D eigenvalue weighted by atomic mass is 32.1.